The van der Waals surface area contributed by atoms with Crippen LogP contribution in [0.5, 0.6) is 11.5 Å². The average Bonchev–Trinajstić information content (AvgIpc) is 3.30. The molecular weight excluding hydrogens is 390 g/mol. The number of hydrogen-bond acceptors (Lipinski definition) is 4. The summed E-state index contributed by atoms with van der Waals surface area (Å²) in [5.74, 6) is 2.43. The molecular formula is C24H31N5O2. The molecule has 1 N–H and O–H groups in total. The lowest BCUT2D eigenvalue weighted by Gasteiger charge is -2.23. The Hall–Kier alpha value is -3.48. The molecule has 0 saturated carbocycles. The molecule has 0 fully saturated rings. The van der Waals surface area contributed by atoms with Gasteiger partial charge in [0.15, 0.2) is 5.96 Å². The second-order valence-corrected chi connectivity index (χ2v) is 7.26. The molecule has 7 nitrogen and oxygen atoms in total. The quantitative estimate of drug-likeness (QED) is 0.423. The number of aliphatic imine (C=N–C) groups is 1. The van der Waals surface area contributed by atoms with Crippen LogP contribution >= 0.6 is 0 Å². The zero-order valence-corrected chi connectivity index (χ0v) is 18.7. The monoisotopic (exact) mass is 421 g/mol. The number of nitrogens with one attached hydrogen (secondary N) is 1. The van der Waals surface area contributed by atoms with Crippen LogP contribution in [0.2, 0.25) is 0 Å². The predicted octanol–water partition coefficient (Wildman–Crippen LogP) is 3.55. The number of guanidine groups is 1. The highest BCUT2D eigenvalue weighted by molar-refractivity contribution is 5.79. The van der Waals surface area contributed by atoms with Crippen LogP contribution in [-0.4, -0.2) is 48.2 Å². The summed E-state index contributed by atoms with van der Waals surface area (Å²) >= 11 is 0. The van der Waals surface area contributed by atoms with Gasteiger partial charge in [0.2, 0.25) is 0 Å². The van der Waals surface area contributed by atoms with Crippen LogP contribution < -0.4 is 14.8 Å². The van der Waals surface area contributed by atoms with Crippen LogP contribution in [0, 0.1) is 0 Å². The minimum Gasteiger partial charge on any atom is -0.497 e. The maximum atomic E-state index is 5.54. The highest BCUT2D eigenvalue weighted by Crippen LogP contribution is 2.25. The van der Waals surface area contributed by atoms with Crippen molar-refractivity contribution in [1.29, 1.82) is 0 Å². The van der Waals surface area contributed by atoms with Gasteiger partial charge in [0.25, 0.3) is 0 Å². The number of aromatic nitrogens is 2. The molecule has 0 aliphatic carbocycles. The summed E-state index contributed by atoms with van der Waals surface area (Å²) in [6.45, 7) is 4.94. The molecule has 3 rings (SSSR count). The summed E-state index contributed by atoms with van der Waals surface area (Å²) in [6.07, 6.45) is 5.59. The molecule has 0 aliphatic rings. The third-order valence-corrected chi connectivity index (χ3v) is 4.93. The minimum atomic E-state index is 0.601. The maximum Gasteiger partial charge on any atom is 0.194 e. The summed E-state index contributed by atoms with van der Waals surface area (Å²) in [5, 5.41) is 3.38. The lowest BCUT2D eigenvalue weighted by atomic mass is 10.1. The number of imidazole rings is 1. The van der Waals surface area contributed by atoms with Gasteiger partial charge in [-0.15, -0.1) is 0 Å². The number of benzene rings is 2. The SMILES string of the molecule is CCNC(=NCc1cccc(Cn2ccnc2)c1)N(C)Cc1ccc(OC)cc1OC. The Morgan fingerprint density at radius 3 is 2.68 bits per heavy atom. The molecule has 1 heterocycles. The molecule has 0 aliphatic heterocycles. The predicted molar refractivity (Wildman–Crippen MR) is 124 cm³/mol. The first-order chi connectivity index (χ1) is 15.1. The van der Waals surface area contributed by atoms with Gasteiger partial charge >= 0.3 is 0 Å². The second kappa shape index (κ2) is 11.1. The van der Waals surface area contributed by atoms with E-state index in [0.717, 1.165) is 36.1 Å². The van der Waals surface area contributed by atoms with Gasteiger partial charge in [0.1, 0.15) is 11.5 Å². The largest absolute Gasteiger partial charge is 0.497 e. The van der Waals surface area contributed by atoms with E-state index in [1.54, 1.807) is 20.4 Å². The lowest BCUT2D eigenvalue weighted by molar-refractivity contribution is 0.382. The van der Waals surface area contributed by atoms with E-state index in [9.17, 15) is 0 Å². The topological polar surface area (TPSA) is 63.9 Å². The van der Waals surface area contributed by atoms with E-state index in [1.165, 1.54) is 11.1 Å². The number of rotatable bonds is 9. The smallest absolute Gasteiger partial charge is 0.194 e. The Labute approximate surface area is 184 Å². The molecule has 0 bridgehead atoms. The van der Waals surface area contributed by atoms with Gasteiger partial charge in [-0.25, -0.2) is 9.98 Å². The van der Waals surface area contributed by atoms with Crippen molar-refractivity contribution in [1.82, 2.24) is 19.8 Å². The van der Waals surface area contributed by atoms with E-state index in [2.05, 4.69) is 51.0 Å². The third-order valence-electron chi connectivity index (χ3n) is 4.93. The summed E-state index contributed by atoms with van der Waals surface area (Å²) < 4.78 is 12.9. The average molecular weight is 422 g/mol. The van der Waals surface area contributed by atoms with Crippen molar-refractivity contribution in [2.45, 2.75) is 26.6 Å². The molecule has 0 spiro atoms. The van der Waals surface area contributed by atoms with Gasteiger partial charge in [0, 0.05) is 50.7 Å². The summed E-state index contributed by atoms with van der Waals surface area (Å²) in [7, 11) is 5.36. The fourth-order valence-electron chi connectivity index (χ4n) is 3.37. The van der Waals surface area contributed by atoms with E-state index in [1.807, 2.05) is 37.8 Å². The Morgan fingerprint density at radius 1 is 1.13 bits per heavy atom. The molecule has 0 unspecified atom stereocenters. The van der Waals surface area contributed by atoms with Crippen molar-refractivity contribution >= 4 is 5.96 Å². The third kappa shape index (κ3) is 6.25. The maximum absolute atomic E-state index is 5.54. The molecule has 0 amide bonds. The van der Waals surface area contributed by atoms with Crippen LogP contribution in [0.1, 0.15) is 23.6 Å². The van der Waals surface area contributed by atoms with Crippen LogP contribution in [0.25, 0.3) is 0 Å². The molecule has 3 aromatic rings. The van der Waals surface area contributed by atoms with Gasteiger partial charge < -0.3 is 24.3 Å². The minimum absolute atomic E-state index is 0.601. The normalized spacial score (nSPS) is 11.3. The Kier molecular flexibility index (Phi) is 7.92. The summed E-state index contributed by atoms with van der Waals surface area (Å²) in [4.78, 5) is 11.1. The molecule has 7 heteroatoms. The Balaban J connectivity index is 1.71. The highest BCUT2D eigenvalue weighted by Gasteiger charge is 2.11. The zero-order chi connectivity index (χ0) is 22.1. The molecule has 2 aromatic carbocycles. The van der Waals surface area contributed by atoms with Crippen molar-refractivity contribution in [2.75, 3.05) is 27.8 Å². The van der Waals surface area contributed by atoms with Crippen LogP contribution in [0.15, 0.2) is 66.2 Å². The van der Waals surface area contributed by atoms with Gasteiger partial charge in [-0.3, -0.25) is 0 Å². The number of methoxy groups -OCH3 is 2. The van der Waals surface area contributed by atoms with Gasteiger partial charge in [0.05, 0.1) is 27.1 Å². The Bertz CT molecular complexity index is 985. The molecule has 0 saturated heterocycles. The zero-order valence-electron chi connectivity index (χ0n) is 18.7. The van der Waals surface area contributed by atoms with Crippen LogP contribution in [0.3, 0.4) is 0 Å². The van der Waals surface area contributed by atoms with Gasteiger partial charge in [-0.2, -0.15) is 0 Å². The lowest BCUT2D eigenvalue weighted by Crippen LogP contribution is -2.38. The number of hydrogen-bond donors (Lipinski definition) is 1. The molecule has 0 atom stereocenters. The standard InChI is InChI=1S/C24H31N5O2/c1-5-26-24(28(2)17-21-9-10-22(30-3)14-23(21)31-4)27-15-19-7-6-8-20(13-19)16-29-12-11-25-18-29/h6-14,18H,5,15-17H2,1-4H3,(H,26,27). The first kappa shape index (κ1) is 22.2. The molecule has 164 valence electrons. The number of ether oxygens (including phenoxy) is 2. The molecule has 31 heavy (non-hydrogen) atoms. The highest BCUT2D eigenvalue weighted by atomic mass is 16.5. The van der Waals surface area contributed by atoms with Crippen LogP contribution in [-0.2, 0) is 19.6 Å². The molecule has 0 radical (unpaired) electrons. The summed E-state index contributed by atoms with van der Waals surface area (Å²) in [6, 6.07) is 14.4. The first-order valence-electron chi connectivity index (χ1n) is 10.4. The fourth-order valence-corrected chi connectivity index (χ4v) is 3.37. The first-order valence-corrected chi connectivity index (χ1v) is 10.4. The second-order valence-electron chi connectivity index (χ2n) is 7.26. The van der Waals surface area contributed by atoms with E-state index in [4.69, 9.17) is 14.5 Å². The van der Waals surface area contributed by atoms with Crippen molar-refractivity contribution < 1.29 is 9.47 Å². The van der Waals surface area contributed by atoms with Crippen molar-refractivity contribution in [3.05, 3.63) is 77.9 Å². The van der Waals surface area contributed by atoms with E-state index in [-0.39, 0.29) is 0 Å². The van der Waals surface area contributed by atoms with E-state index < -0.39 is 0 Å². The van der Waals surface area contributed by atoms with E-state index >= 15 is 0 Å². The van der Waals surface area contributed by atoms with E-state index in [0.29, 0.717) is 13.1 Å². The number of nitrogens with zero attached hydrogens (tertiary/aromatic N) is 4. The summed E-state index contributed by atoms with van der Waals surface area (Å²) in [5.41, 5.74) is 3.47. The van der Waals surface area contributed by atoms with Crippen molar-refractivity contribution in [2.24, 2.45) is 4.99 Å². The van der Waals surface area contributed by atoms with Gasteiger partial charge in [-0.1, -0.05) is 24.3 Å². The fraction of sp³-hybridized carbons (Fsp3) is 0.333. The van der Waals surface area contributed by atoms with Crippen LogP contribution in [0.4, 0.5) is 0 Å². The van der Waals surface area contributed by atoms with Gasteiger partial charge in [-0.05, 0) is 30.2 Å². The van der Waals surface area contributed by atoms with Crippen molar-refractivity contribution in [3.8, 4) is 11.5 Å². The Morgan fingerprint density at radius 2 is 1.97 bits per heavy atom. The van der Waals surface area contributed by atoms with Crippen molar-refractivity contribution in [3.63, 3.8) is 0 Å². The molecule has 1 aromatic heterocycles.